The lowest BCUT2D eigenvalue weighted by atomic mass is 10.0. The number of hydrogen-bond acceptors (Lipinski definition) is 2. The predicted octanol–water partition coefficient (Wildman–Crippen LogP) is 5.63. The Hall–Kier alpha value is -2.45. The van der Waals surface area contributed by atoms with E-state index in [2.05, 4.69) is 53.8 Å². The summed E-state index contributed by atoms with van der Waals surface area (Å²) in [5.41, 5.74) is 4.65. The zero-order chi connectivity index (χ0) is 16.1. The first kappa shape index (κ1) is 15.4. The first-order valence-corrected chi connectivity index (χ1v) is 7.86. The van der Waals surface area contributed by atoms with Gasteiger partial charge in [0, 0.05) is 12.2 Å². The second-order valence-electron chi connectivity index (χ2n) is 5.27. The van der Waals surface area contributed by atoms with E-state index in [1.807, 2.05) is 24.3 Å². The highest BCUT2D eigenvalue weighted by atomic mass is 35.5. The van der Waals surface area contributed by atoms with Crippen LogP contribution in [-0.4, -0.2) is 7.11 Å². The van der Waals surface area contributed by atoms with Crippen LogP contribution >= 0.6 is 11.6 Å². The topological polar surface area (TPSA) is 21.3 Å². The lowest BCUT2D eigenvalue weighted by Crippen LogP contribution is -1.99. The molecule has 0 aliphatic rings. The first-order valence-electron chi connectivity index (χ1n) is 7.48. The van der Waals surface area contributed by atoms with Gasteiger partial charge in [-0.15, -0.1) is 0 Å². The van der Waals surface area contributed by atoms with Crippen LogP contribution < -0.4 is 10.1 Å². The third-order valence-electron chi connectivity index (χ3n) is 3.71. The maximum Gasteiger partial charge on any atom is 0.137 e. The van der Waals surface area contributed by atoms with Gasteiger partial charge in [-0.3, -0.25) is 0 Å². The normalized spacial score (nSPS) is 10.3. The van der Waals surface area contributed by atoms with Crippen molar-refractivity contribution in [2.75, 3.05) is 12.4 Å². The van der Waals surface area contributed by atoms with Crippen molar-refractivity contribution in [2.24, 2.45) is 0 Å². The van der Waals surface area contributed by atoms with Gasteiger partial charge in [-0.2, -0.15) is 0 Å². The smallest absolute Gasteiger partial charge is 0.137 e. The van der Waals surface area contributed by atoms with Crippen LogP contribution in [-0.2, 0) is 6.54 Å². The molecule has 23 heavy (non-hydrogen) atoms. The Morgan fingerprint density at radius 2 is 1.57 bits per heavy atom. The summed E-state index contributed by atoms with van der Waals surface area (Å²) in [6.07, 6.45) is 0. The maximum atomic E-state index is 6.13. The SMILES string of the molecule is COc1ccc(NCc2ccc(-c3ccccc3)cc2)cc1Cl. The minimum Gasteiger partial charge on any atom is -0.495 e. The third kappa shape index (κ3) is 3.85. The van der Waals surface area contributed by atoms with Gasteiger partial charge in [0.1, 0.15) is 5.75 Å². The van der Waals surface area contributed by atoms with Crippen molar-refractivity contribution in [3.63, 3.8) is 0 Å². The molecule has 0 bridgehead atoms. The highest BCUT2D eigenvalue weighted by Crippen LogP contribution is 2.27. The molecular weight excluding hydrogens is 306 g/mol. The molecule has 0 atom stereocenters. The summed E-state index contributed by atoms with van der Waals surface area (Å²) in [5, 5.41) is 3.98. The molecule has 0 unspecified atom stereocenters. The Balaban J connectivity index is 1.66. The van der Waals surface area contributed by atoms with E-state index in [9.17, 15) is 0 Å². The molecule has 0 fully saturated rings. The first-order chi connectivity index (χ1) is 11.3. The average molecular weight is 324 g/mol. The molecule has 3 heteroatoms. The van der Waals surface area contributed by atoms with Crippen molar-refractivity contribution in [1.82, 2.24) is 0 Å². The number of halogens is 1. The van der Waals surface area contributed by atoms with E-state index in [4.69, 9.17) is 16.3 Å². The lowest BCUT2D eigenvalue weighted by molar-refractivity contribution is 0.415. The Morgan fingerprint density at radius 1 is 0.870 bits per heavy atom. The minimum absolute atomic E-state index is 0.608. The van der Waals surface area contributed by atoms with E-state index in [-0.39, 0.29) is 0 Å². The van der Waals surface area contributed by atoms with Crippen LogP contribution in [0.5, 0.6) is 5.75 Å². The van der Waals surface area contributed by atoms with Gasteiger partial charge in [0.2, 0.25) is 0 Å². The highest BCUT2D eigenvalue weighted by molar-refractivity contribution is 6.32. The number of ether oxygens (including phenoxy) is 1. The standard InChI is InChI=1S/C20H18ClNO/c1-23-20-12-11-18(13-19(20)21)22-14-15-7-9-17(10-8-15)16-5-3-2-4-6-16/h2-13,22H,14H2,1H3. The second-order valence-corrected chi connectivity index (χ2v) is 5.67. The predicted molar refractivity (Wildman–Crippen MR) is 97.2 cm³/mol. The van der Waals surface area contributed by atoms with Gasteiger partial charge < -0.3 is 10.1 Å². The Labute approximate surface area is 141 Å². The third-order valence-corrected chi connectivity index (χ3v) is 4.00. The number of hydrogen-bond donors (Lipinski definition) is 1. The molecule has 0 amide bonds. The molecule has 3 aromatic rings. The minimum atomic E-state index is 0.608. The van der Waals surface area contributed by atoms with Gasteiger partial charge in [-0.05, 0) is 34.9 Å². The quantitative estimate of drug-likeness (QED) is 0.657. The van der Waals surface area contributed by atoms with Crippen molar-refractivity contribution in [3.05, 3.63) is 83.4 Å². The van der Waals surface area contributed by atoms with E-state index >= 15 is 0 Å². The van der Waals surface area contributed by atoms with Gasteiger partial charge in [-0.1, -0.05) is 66.2 Å². The molecule has 0 aromatic heterocycles. The van der Waals surface area contributed by atoms with E-state index in [0.717, 1.165) is 12.2 Å². The molecule has 3 rings (SSSR count). The summed E-state index contributed by atoms with van der Waals surface area (Å²) in [7, 11) is 1.61. The molecule has 3 aromatic carbocycles. The number of methoxy groups -OCH3 is 1. The molecule has 0 spiro atoms. The molecule has 2 nitrogen and oxygen atoms in total. The summed E-state index contributed by atoms with van der Waals surface area (Å²) in [6.45, 7) is 0.748. The van der Waals surface area contributed by atoms with Gasteiger partial charge >= 0.3 is 0 Å². The number of rotatable bonds is 5. The zero-order valence-corrected chi connectivity index (χ0v) is 13.7. The van der Waals surface area contributed by atoms with E-state index in [1.165, 1.54) is 16.7 Å². The van der Waals surface area contributed by atoms with Crippen LogP contribution in [0.4, 0.5) is 5.69 Å². The lowest BCUT2D eigenvalue weighted by Gasteiger charge is -2.10. The summed E-state index contributed by atoms with van der Waals surface area (Å²) >= 11 is 6.13. The summed E-state index contributed by atoms with van der Waals surface area (Å²) < 4.78 is 5.16. The zero-order valence-electron chi connectivity index (χ0n) is 12.9. The van der Waals surface area contributed by atoms with Gasteiger partial charge in [-0.25, -0.2) is 0 Å². The van der Waals surface area contributed by atoms with Crippen LogP contribution in [0.15, 0.2) is 72.8 Å². The Kier molecular flexibility index (Phi) is 4.84. The molecule has 1 N–H and O–H groups in total. The Morgan fingerprint density at radius 3 is 2.22 bits per heavy atom. The molecule has 0 radical (unpaired) electrons. The van der Waals surface area contributed by atoms with E-state index < -0.39 is 0 Å². The molecular formula is C20H18ClNO. The molecule has 0 heterocycles. The average Bonchev–Trinajstić information content (AvgIpc) is 2.61. The molecule has 0 saturated carbocycles. The highest BCUT2D eigenvalue weighted by Gasteiger charge is 2.02. The molecule has 0 saturated heterocycles. The van der Waals surface area contributed by atoms with Crippen LogP contribution in [0.1, 0.15) is 5.56 Å². The van der Waals surface area contributed by atoms with Crippen LogP contribution in [0.2, 0.25) is 5.02 Å². The molecule has 0 aliphatic heterocycles. The monoisotopic (exact) mass is 323 g/mol. The Bertz CT molecular complexity index is 769. The molecule has 116 valence electrons. The largest absolute Gasteiger partial charge is 0.495 e. The van der Waals surface area contributed by atoms with Crippen molar-refractivity contribution in [1.29, 1.82) is 0 Å². The van der Waals surface area contributed by atoms with Crippen molar-refractivity contribution in [2.45, 2.75) is 6.54 Å². The van der Waals surface area contributed by atoms with Gasteiger partial charge in [0.05, 0.1) is 12.1 Å². The van der Waals surface area contributed by atoms with E-state index in [1.54, 1.807) is 7.11 Å². The molecule has 0 aliphatic carbocycles. The van der Waals surface area contributed by atoms with Crippen LogP contribution in [0.3, 0.4) is 0 Å². The van der Waals surface area contributed by atoms with E-state index in [0.29, 0.717) is 10.8 Å². The fourth-order valence-corrected chi connectivity index (χ4v) is 2.68. The summed E-state index contributed by atoms with van der Waals surface area (Å²) in [5.74, 6) is 0.685. The summed E-state index contributed by atoms with van der Waals surface area (Å²) in [6, 6.07) is 24.6. The van der Waals surface area contributed by atoms with Gasteiger partial charge in [0.25, 0.3) is 0 Å². The fraction of sp³-hybridized carbons (Fsp3) is 0.100. The number of benzene rings is 3. The maximum absolute atomic E-state index is 6.13. The van der Waals surface area contributed by atoms with Crippen molar-refractivity contribution >= 4 is 17.3 Å². The second kappa shape index (κ2) is 7.21. The van der Waals surface area contributed by atoms with Gasteiger partial charge in [0.15, 0.2) is 0 Å². The van der Waals surface area contributed by atoms with Crippen molar-refractivity contribution in [3.8, 4) is 16.9 Å². The summed E-state index contributed by atoms with van der Waals surface area (Å²) in [4.78, 5) is 0. The van der Waals surface area contributed by atoms with Crippen LogP contribution in [0, 0.1) is 0 Å². The number of nitrogens with one attached hydrogen (secondary N) is 1. The van der Waals surface area contributed by atoms with Crippen LogP contribution in [0.25, 0.3) is 11.1 Å². The fourth-order valence-electron chi connectivity index (χ4n) is 2.43. The van der Waals surface area contributed by atoms with Crippen molar-refractivity contribution < 1.29 is 4.74 Å². The number of anilines is 1.